The van der Waals surface area contributed by atoms with Crippen LogP contribution in [-0.4, -0.2) is 27.1 Å². The summed E-state index contributed by atoms with van der Waals surface area (Å²) in [6.45, 7) is 0.782. The number of rotatable bonds is 10. The minimum absolute atomic E-state index is 0.0239. The summed E-state index contributed by atoms with van der Waals surface area (Å²) in [5, 5.41) is 36.9. The second-order valence-corrected chi connectivity index (χ2v) is 8.25. The first kappa shape index (κ1) is 25.7. The Balaban J connectivity index is 1.45. The van der Waals surface area contributed by atoms with E-state index in [4.69, 9.17) is 4.74 Å². The third-order valence-corrected chi connectivity index (χ3v) is 5.61. The van der Waals surface area contributed by atoms with Crippen molar-refractivity contribution in [2.75, 3.05) is 10.6 Å². The summed E-state index contributed by atoms with van der Waals surface area (Å²) < 4.78 is 5.35. The molecule has 0 bridgehead atoms. The molecule has 0 aliphatic rings. The zero-order valence-electron chi connectivity index (χ0n) is 20.0. The van der Waals surface area contributed by atoms with Crippen LogP contribution in [0.3, 0.4) is 0 Å². The van der Waals surface area contributed by atoms with Crippen molar-refractivity contribution < 1.29 is 29.5 Å². The molecule has 0 amide bonds. The van der Waals surface area contributed by atoms with Gasteiger partial charge in [-0.25, -0.2) is 9.59 Å². The first-order chi connectivity index (χ1) is 18.3. The number of esters is 1. The van der Waals surface area contributed by atoms with Gasteiger partial charge in [-0.05, 0) is 47.5 Å². The summed E-state index contributed by atoms with van der Waals surface area (Å²) in [5.74, 6) is -2.72. The molecule has 10 heteroatoms. The number of hydrogen-bond donors (Lipinski definition) is 4. The van der Waals surface area contributed by atoms with Crippen molar-refractivity contribution in [1.82, 2.24) is 0 Å². The molecular formula is C28H23N3O7. The van der Waals surface area contributed by atoms with E-state index in [9.17, 15) is 29.9 Å². The summed E-state index contributed by atoms with van der Waals surface area (Å²) in [7, 11) is 0. The van der Waals surface area contributed by atoms with Gasteiger partial charge in [0.2, 0.25) is 0 Å². The Kier molecular flexibility index (Phi) is 7.83. The van der Waals surface area contributed by atoms with Gasteiger partial charge in [0.25, 0.3) is 5.69 Å². The van der Waals surface area contributed by atoms with Crippen molar-refractivity contribution in [2.24, 2.45) is 0 Å². The fraction of sp³-hybridized carbons (Fsp3) is 0.0714. The Hall–Kier alpha value is -5.38. The van der Waals surface area contributed by atoms with Crippen molar-refractivity contribution in [3.8, 4) is 11.5 Å². The second-order valence-electron chi connectivity index (χ2n) is 8.25. The molecule has 0 aromatic heterocycles. The van der Waals surface area contributed by atoms with Crippen LogP contribution in [0.4, 0.5) is 17.1 Å². The minimum atomic E-state index is -1.28. The van der Waals surface area contributed by atoms with Gasteiger partial charge in [0.1, 0.15) is 22.6 Å². The third-order valence-electron chi connectivity index (χ3n) is 5.61. The van der Waals surface area contributed by atoms with Crippen LogP contribution in [0.5, 0.6) is 11.5 Å². The van der Waals surface area contributed by atoms with Gasteiger partial charge < -0.3 is 25.6 Å². The number of aromatic hydroxyl groups is 1. The van der Waals surface area contributed by atoms with E-state index in [1.165, 1.54) is 36.4 Å². The Morgan fingerprint density at radius 2 is 1.37 bits per heavy atom. The lowest BCUT2D eigenvalue weighted by atomic mass is 10.1. The lowest BCUT2D eigenvalue weighted by Gasteiger charge is -2.13. The fourth-order valence-corrected chi connectivity index (χ4v) is 3.60. The zero-order chi connectivity index (χ0) is 27.1. The maximum Gasteiger partial charge on any atom is 0.347 e. The van der Waals surface area contributed by atoms with Crippen LogP contribution in [0.1, 0.15) is 31.8 Å². The molecule has 4 rings (SSSR count). The molecule has 0 aliphatic carbocycles. The molecule has 0 saturated heterocycles. The van der Waals surface area contributed by atoms with E-state index in [0.717, 1.165) is 11.1 Å². The van der Waals surface area contributed by atoms with Gasteiger partial charge in [0, 0.05) is 36.6 Å². The number of nitro groups is 1. The minimum Gasteiger partial charge on any atom is -0.507 e. The molecule has 0 unspecified atom stereocenters. The van der Waals surface area contributed by atoms with Crippen molar-refractivity contribution in [3.05, 3.63) is 123 Å². The van der Waals surface area contributed by atoms with Gasteiger partial charge in [0.15, 0.2) is 0 Å². The first-order valence-electron chi connectivity index (χ1n) is 11.5. The van der Waals surface area contributed by atoms with E-state index in [0.29, 0.717) is 24.5 Å². The van der Waals surface area contributed by atoms with Crippen LogP contribution < -0.4 is 15.4 Å². The molecule has 0 radical (unpaired) electrons. The van der Waals surface area contributed by atoms with E-state index in [1.54, 1.807) is 24.3 Å². The summed E-state index contributed by atoms with van der Waals surface area (Å²) in [6.07, 6.45) is 0. The van der Waals surface area contributed by atoms with E-state index in [1.807, 2.05) is 30.3 Å². The highest BCUT2D eigenvalue weighted by atomic mass is 16.6. The maximum atomic E-state index is 12.9. The number of aromatic carboxylic acids is 1. The average molecular weight is 514 g/mol. The van der Waals surface area contributed by atoms with Crippen LogP contribution in [0.2, 0.25) is 0 Å². The Labute approximate surface area is 217 Å². The van der Waals surface area contributed by atoms with E-state index in [-0.39, 0.29) is 28.3 Å². The predicted octanol–water partition coefficient (Wildman–Crippen LogP) is 5.44. The summed E-state index contributed by atoms with van der Waals surface area (Å²) in [4.78, 5) is 35.0. The molecule has 4 aromatic rings. The summed E-state index contributed by atoms with van der Waals surface area (Å²) in [5.41, 5.74) is 2.38. The number of nitrogens with one attached hydrogen (secondary N) is 2. The highest BCUT2D eigenvalue weighted by Crippen LogP contribution is 2.28. The van der Waals surface area contributed by atoms with Gasteiger partial charge in [-0.3, -0.25) is 10.1 Å². The summed E-state index contributed by atoms with van der Waals surface area (Å²) in [6, 6.07) is 24.1. The van der Waals surface area contributed by atoms with Crippen molar-refractivity contribution in [2.45, 2.75) is 13.1 Å². The zero-order valence-corrected chi connectivity index (χ0v) is 20.0. The number of benzene rings is 4. The smallest absolute Gasteiger partial charge is 0.347 e. The van der Waals surface area contributed by atoms with Gasteiger partial charge >= 0.3 is 11.9 Å². The number of anilines is 2. The average Bonchev–Trinajstić information content (AvgIpc) is 2.92. The molecule has 0 aliphatic heterocycles. The number of carboxylic acid groups (broad SMARTS) is 1. The largest absolute Gasteiger partial charge is 0.507 e. The van der Waals surface area contributed by atoms with Crippen LogP contribution in [0.15, 0.2) is 91.0 Å². The second kappa shape index (κ2) is 11.6. The van der Waals surface area contributed by atoms with E-state index in [2.05, 4.69) is 10.6 Å². The highest BCUT2D eigenvalue weighted by Gasteiger charge is 2.19. The van der Waals surface area contributed by atoms with Crippen molar-refractivity contribution >= 4 is 29.0 Å². The number of phenols is 1. The number of carbonyl (C=O) groups is 2. The van der Waals surface area contributed by atoms with Crippen LogP contribution >= 0.6 is 0 Å². The summed E-state index contributed by atoms with van der Waals surface area (Å²) >= 11 is 0. The number of ether oxygens (including phenoxy) is 1. The SMILES string of the molecule is O=C(Oc1ccc(NCc2ccccc2)cc1C(=O)O)c1cc(NCc2ccc([N+](=O)[O-])cc2)ccc1O. The Morgan fingerprint density at radius 3 is 1.97 bits per heavy atom. The topological polar surface area (TPSA) is 151 Å². The van der Waals surface area contributed by atoms with Gasteiger partial charge in [-0.2, -0.15) is 0 Å². The lowest BCUT2D eigenvalue weighted by molar-refractivity contribution is -0.384. The molecule has 4 aromatic carbocycles. The number of non-ortho nitro benzene ring substituents is 1. The standard InChI is InChI=1S/C28H23N3O7/c32-25-12-8-20(30-17-19-6-10-22(11-7-19)31(36)37)14-23(25)28(35)38-26-13-9-21(15-24(26)27(33)34)29-16-18-4-2-1-3-5-18/h1-15,29-30,32H,16-17H2,(H,33,34). The molecule has 0 atom stereocenters. The van der Waals surface area contributed by atoms with Gasteiger partial charge in [0.05, 0.1) is 4.92 Å². The number of carboxylic acids is 1. The van der Waals surface area contributed by atoms with Crippen LogP contribution in [-0.2, 0) is 13.1 Å². The Bertz CT molecular complexity index is 1470. The maximum absolute atomic E-state index is 12.9. The highest BCUT2D eigenvalue weighted by molar-refractivity contribution is 5.98. The molecule has 10 nitrogen and oxygen atoms in total. The third kappa shape index (κ3) is 6.43. The number of nitro benzene ring substituents is 1. The normalized spacial score (nSPS) is 10.4. The first-order valence-corrected chi connectivity index (χ1v) is 11.5. The number of carbonyl (C=O) groups excluding carboxylic acids is 1. The molecule has 4 N–H and O–H groups in total. The number of hydrogen-bond acceptors (Lipinski definition) is 8. The molecule has 0 spiro atoms. The Morgan fingerprint density at radius 1 is 0.789 bits per heavy atom. The quantitative estimate of drug-likeness (QED) is 0.0714. The van der Waals surface area contributed by atoms with Gasteiger partial charge in [-0.1, -0.05) is 42.5 Å². The van der Waals surface area contributed by atoms with Crippen LogP contribution in [0, 0.1) is 10.1 Å². The van der Waals surface area contributed by atoms with Crippen LogP contribution in [0.25, 0.3) is 0 Å². The van der Waals surface area contributed by atoms with Gasteiger partial charge in [-0.15, -0.1) is 0 Å². The molecule has 192 valence electrons. The van der Waals surface area contributed by atoms with Crippen molar-refractivity contribution in [3.63, 3.8) is 0 Å². The molecular weight excluding hydrogens is 490 g/mol. The fourth-order valence-electron chi connectivity index (χ4n) is 3.60. The molecule has 0 saturated carbocycles. The number of phenolic OH excluding ortho intramolecular Hbond substituents is 1. The molecule has 38 heavy (non-hydrogen) atoms. The monoisotopic (exact) mass is 513 g/mol. The van der Waals surface area contributed by atoms with E-state index >= 15 is 0 Å². The predicted molar refractivity (Wildman–Crippen MR) is 141 cm³/mol. The van der Waals surface area contributed by atoms with Crippen molar-refractivity contribution in [1.29, 1.82) is 0 Å². The lowest BCUT2D eigenvalue weighted by Crippen LogP contribution is -2.13. The molecule has 0 heterocycles. The molecule has 0 fully saturated rings. The van der Waals surface area contributed by atoms with E-state index < -0.39 is 16.9 Å². The number of nitrogens with zero attached hydrogens (tertiary/aromatic N) is 1.